The lowest BCUT2D eigenvalue weighted by atomic mass is 9.49. The zero-order valence-electron chi connectivity index (χ0n) is 13.5. The number of aromatic hydroxyl groups is 1. The van der Waals surface area contributed by atoms with Crippen LogP contribution >= 0.6 is 0 Å². The summed E-state index contributed by atoms with van der Waals surface area (Å²) >= 11 is 0. The van der Waals surface area contributed by atoms with Gasteiger partial charge in [0.25, 0.3) is 0 Å². The van der Waals surface area contributed by atoms with E-state index in [2.05, 4.69) is 16.8 Å². The average molecular weight is 308 g/mol. The van der Waals surface area contributed by atoms with Gasteiger partial charge in [0.05, 0.1) is 0 Å². The van der Waals surface area contributed by atoms with Crippen LogP contribution in [0.3, 0.4) is 0 Å². The van der Waals surface area contributed by atoms with E-state index in [0.29, 0.717) is 11.2 Å². The number of imidazole rings is 1. The molecule has 0 atom stereocenters. The normalized spacial score (nSPS) is 34.9. The Kier molecular flexibility index (Phi) is 2.88. The van der Waals surface area contributed by atoms with Gasteiger partial charge in [-0.2, -0.15) is 0 Å². The zero-order valence-corrected chi connectivity index (χ0v) is 13.5. The summed E-state index contributed by atoms with van der Waals surface area (Å²) in [6.07, 6.45) is 12.5. The van der Waals surface area contributed by atoms with Crippen molar-refractivity contribution in [2.75, 3.05) is 0 Å². The number of benzene rings is 1. The summed E-state index contributed by atoms with van der Waals surface area (Å²) in [5.74, 6) is 4.46. The molecule has 0 aliphatic heterocycles. The maximum Gasteiger partial charge on any atom is 0.115 e. The third-order valence-electron chi connectivity index (χ3n) is 6.49. The Hall–Kier alpha value is -1.77. The predicted octanol–water partition coefficient (Wildman–Crippen LogP) is 4.10. The van der Waals surface area contributed by atoms with Gasteiger partial charge in [0.2, 0.25) is 0 Å². The topological polar surface area (TPSA) is 38.0 Å². The Bertz CT molecular complexity index is 697. The largest absolute Gasteiger partial charge is 0.508 e. The first-order valence-corrected chi connectivity index (χ1v) is 9.00. The smallest absolute Gasteiger partial charge is 0.115 e. The van der Waals surface area contributed by atoms with Crippen molar-refractivity contribution in [1.82, 2.24) is 9.55 Å². The molecular formula is C20H24N2O. The lowest BCUT2D eigenvalue weighted by molar-refractivity contribution is -0.0108. The van der Waals surface area contributed by atoms with Crippen molar-refractivity contribution in [3.05, 3.63) is 48.0 Å². The molecular weight excluding hydrogens is 284 g/mol. The minimum Gasteiger partial charge on any atom is -0.508 e. The fraction of sp³-hybridized carbons (Fsp3) is 0.550. The molecule has 1 N–H and O–H groups in total. The second-order valence-corrected chi connectivity index (χ2v) is 8.25. The van der Waals surface area contributed by atoms with Gasteiger partial charge in [-0.05, 0) is 74.0 Å². The predicted molar refractivity (Wildman–Crippen MR) is 89.3 cm³/mol. The fourth-order valence-corrected chi connectivity index (χ4v) is 6.13. The summed E-state index contributed by atoms with van der Waals surface area (Å²) in [5.41, 5.74) is 1.48. The minimum atomic E-state index is 0.328. The number of phenolic OH excluding ortho intramolecular Hbond substituents is 1. The van der Waals surface area contributed by atoms with Crippen molar-refractivity contribution in [2.45, 2.75) is 50.5 Å². The molecule has 0 radical (unpaired) electrons. The summed E-state index contributed by atoms with van der Waals surface area (Å²) in [6.45, 7) is 0.811. The van der Waals surface area contributed by atoms with Crippen molar-refractivity contribution in [2.24, 2.45) is 17.8 Å². The van der Waals surface area contributed by atoms with Crippen LogP contribution in [0.4, 0.5) is 0 Å². The molecule has 4 fully saturated rings. The Morgan fingerprint density at radius 2 is 1.78 bits per heavy atom. The van der Waals surface area contributed by atoms with Gasteiger partial charge >= 0.3 is 0 Å². The standard InChI is InChI=1S/C20H24N2O/c23-18-3-1-2-14(9-18)13-22-5-4-21-19(22)20-10-15-6-16(11-20)8-17(7-15)12-20/h1-5,9,15-17,23H,6-8,10-13H2. The van der Waals surface area contributed by atoms with Crippen LogP contribution in [0.1, 0.15) is 49.9 Å². The number of aromatic nitrogens is 2. The minimum absolute atomic E-state index is 0.328. The van der Waals surface area contributed by atoms with Gasteiger partial charge in [0, 0.05) is 24.4 Å². The Labute approximate surface area is 137 Å². The van der Waals surface area contributed by atoms with Crippen LogP contribution in [0, 0.1) is 17.8 Å². The molecule has 1 aromatic heterocycles. The summed E-state index contributed by atoms with van der Waals surface area (Å²) < 4.78 is 2.34. The maximum absolute atomic E-state index is 9.72. The Morgan fingerprint density at radius 1 is 1.09 bits per heavy atom. The Morgan fingerprint density at radius 3 is 2.43 bits per heavy atom. The molecule has 3 heteroatoms. The van der Waals surface area contributed by atoms with Crippen LogP contribution in [0.15, 0.2) is 36.7 Å². The van der Waals surface area contributed by atoms with E-state index in [1.807, 2.05) is 18.3 Å². The summed E-state index contributed by atoms with van der Waals surface area (Å²) in [4.78, 5) is 4.83. The van der Waals surface area contributed by atoms with Crippen LogP contribution in [0.25, 0.3) is 0 Å². The first-order chi connectivity index (χ1) is 11.2. The average Bonchev–Trinajstić information content (AvgIpc) is 2.95. The van der Waals surface area contributed by atoms with E-state index >= 15 is 0 Å². The van der Waals surface area contributed by atoms with E-state index in [4.69, 9.17) is 4.98 Å². The second kappa shape index (κ2) is 4.86. The lowest BCUT2D eigenvalue weighted by Gasteiger charge is -2.56. The molecule has 4 bridgehead atoms. The highest BCUT2D eigenvalue weighted by molar-refractivity contribution is 5.28. The molecule has 4 saturated carbocycles. The molecule has 0 saturated heterocycles. The van der Waals surface area contributed by atoms with Crippen molar-refractivity contribution in [1.29, 1.82) is 0 Å². The van der Waals surface area contributed by atoms with Crippen molar-refractivity contribution < 1.29 is 5.11 Å². The van der Waals surface area contributed by atoms with E-state index in [-0.39, 0.29) is 0 Å². The van der Waals surface area contributed by atoms with Gasteiger partial charge in [0.15, 0.2) is 0 Å². The molecule has 4 aliphatic rings. The summed E-state index contributed by atoms with van der Waals surface area (Å²) in [5, 5.41) is 9.72. The van der Waals surface area contributed by atoms with Crippen LogP contribution in [0.5, 0.6) is 5.75 Å². The van der Waals surface area contributed by atoms with Crippen LogP contribution in [-0.4, -0.2) is 14.7 Å². The molecule has 1 heterocycles. The Balaban J connectivity index is 1.49. The highest BCUT2D eigenvalue weighted by Crippen LogP contribution is 2.60. The molecule has 1 aromatic carbocycles. The van der Waals surface area contributed by atoms with E-state index in [9.17, 15) is 5.11 Å². The van der Waals surface area contributed by atoms with Crippen LogP contribution < -0.4 is 0 Å². The number of rotatable bonds is 3. The molecule has 4 aliphatic carbocycles. The highest BCUT2D eigenvalue weighted by atomic mass is 16.3. The van der Waals surface area contributed by atoms with Gasteiger partial charge in [-0.15, -0.1) is 0 Å². The van der Waals surface area contributed by atoms with Gasteiger partial charge in [0.1, 0.15) is 11.6 Å². The molecule has 23 heavy (non-hydrogen) atoms. The third kappa shape index (κ3) is 2.20. The SMILES string of the molecule is Oc1cccc(Cn2ccnc2C23CC4CC(CC(C4)C2)C3)c1. The van der Waals surface area contributed by atoms with Crippen molar-refractivity contribution in [3.63, 3.8) is 0 Å². The van der Waals surface area contributed by atoms with E-state index < -0.39 is 0 Å². The highest BCUT2D eigenvalue weighted by Gasteiger charge is 2.53. The molecule has 120 valence electrons. The lowest BCUT2D eigenvalue weighted by Crippen LogP contribution is -2.49. The van der Waals surface area contributed by atoms with Crippen LogP contribution in [-0.2, 0) is 12.0 Å². The van der Waals surface area contributed by atoms with Gasteiger partial charge < -0.3 is 9.67 Å². The number of hydrogen-bond donors (Lipinski definition) is 1. The first-order valence-electron chi connectivity index (χ1n) is 9.00. The number of nitrogens with zero attached hydrogens (tertiary/aromatic N) is 2. The molecule has 0 spiro atoms. The van der Waals surface area contributed by atoms with Gasteiger partial charge in [-0.1, -0.05) is 12.1 Å². The molecule has 3 nitrogen and oxygen atoms in total. The summed E-state index contributed by atoms with van der Waals surface area (Å²) in [6, 6.07) is 7.61. The van der Waals surface area contributed by atoms with E-state index in [1.165, 1.54) is 44.3 Å². The van der Waals surface area contributed by atoms with E-state index in [0.717, 1.165) is 29.9 Å². The second-order valence-electron chi connectivity index (χ2n) is 8.25. The molecule has 2 aromatic rings. The quantitative estimate of drug-likeness (QED) is 0.927. The van der Waals surface area contributed by atoms with Gasteiger partial charge in [-0.3, -0.25) is 0 Å². The zero-order chi connectivity index (χ0) is 15.4. The fourth-order valence-electron chi connectivity index (χ4n) is 6.13. The van der Waals surface area contributed by atoms with E-state index in [1.54, 1.807) is 6.07 Å². The van der Waals surface area contributed by atoms with Crippen LogP contribution in [0.2, 0.25) is 0 Å². The molecule has 0 unspecified atom stereocenters. The number of phenols is 1. The first kappa shape index (κ1) is 13.6. The monoisotopic (exact) mass is 308 g/mol. The molecule has 6 rings (SSSR count). The number of hydrogen-bond acceptors (Lipinski definition) is 2. The summed E-state index contributed by atoms with van der Waals surface area (Å²) in [7, 11) is 0. The molecule has 0 amide bonds. The third-order valence-corrected chi connectivity index (χ3v) is 6.49. The maximum atomic E-state index is 9.72. The van der Waals surface area contributed by atoms with Gasteiger partial charge in [-0.25, -0.2) is 4.98 Å². The van der Waals surface area contributed by atoms with Crippen molar-refractivity contribution >= 4 is 0 Å². The van der Waals surface area contributed by atoms with Crippen molar-refractivity contribution in [3.8, 4) is 5.75 Å².